The lowest BCUT2D eigenvalue weighted by Crippen LogP contribution is -2.32. The standard InChI is InChI=1S/C29H25ClF3N7O3/c1-28(2,3)43-27(42)35-13-17-14-36-39(16-17)24-10-9-18(12-21(24)30)38-26(41)20-15-37-40(25(20)29(31,32)33)23-8-4-7-22-19(23)6-5-11-34-22/h4-12,14-16H,13H2,1-3H3,(H,35,42)(H,38,41). The van der Waals surface area contributed by atoms with Gasteiger partial charge in [-0.05, 0) is 63.2 Å². The van der Waals surface area contributed by atoms with Crippen molar-refractivity contribution < 1.29 is 27.5 Å². The summed E-state index contributed by atoms with van der Waals surface area (Å²) in [5.41, 5.74) is -0.655. The highest BCUT2D eigenvalue weighted by Gasteiger charge is 2.41. The third kappa shape index (κ3) is 6.61. The third-order valence-electron chi connectivity index (χ3n) is 6.06. The topological polar surface area (TPSA) is 116 Å². The smallest absolute Gasteiger partial charge is 0.434 e. The fraction of sp³-hybridized carbons (Fsp3) is 0.207. The summed E-state index contributed by atoms with van der Waals surface area (Å²) < 4.78 is 50.2. The van der Waals surface area contributed by atoms with E-state index in [1.54, 1.807) is 57.3 Å². The number of carbonyl (C=O) groups is 2. The maximum atomic E-state index is 14.3. The molecule has 2 N–H and O–H groups in total. The van der Waals surface area contributed by atoms with Gasteiger partial charge in [-0.3, -0.25) is 9.78 Å². The van der Waals surface area contributed by atoms with Crippen molar-refractivity contribution in [2.75, 3.05) is 5.32 Å². The first-order valence-electron chi connectivity index (χ1n) is 12.9. The number of fused-ring (bicyclic) bond motifs is 1. The summed E-state index contributed by atoms with van der Waals surface area (Å²) >= 11 is 6.44. The molecule has 0 aliphatic rings. The van der Waals surface area contributed by atoms with Crippen molar-refractivity contribution in [3.8, 4) is 11.4 Å². The maximum absolute atomic E-state index is 14.3. The number of alkyl halides is 3. The van der Waals surface area contributed by atoms with Crippen molar-refractivity contribution in [1.29, 1.82) is 0 Å². The summed E-state index contributed by atoms with van der Waals surface area (Å²) in [6.45, 7) is 5.42. The monoisotopic (exact) mass is 611 g/mol. The Kier molecular flexibility index (Phi) is 7.84. The minimum atomic E-state index is -4.90. The summed E-state index contributed by atoms with van der Waals surface area (Å²) in [6.07, 6.45) is 0.108. The van der Waals surface area contributed by atoms with Crippen molar-refractivity contribution >= 4 is 40.2 Å². The molecule has 0 bridgehead atoms. The normalized spacial score (nSPS) is 11.9. The van der Waals surface area contributed by atoms with Crippen LogP contribution in [0.15, 0.2) is 73.3 Å². The van der Waals surface area contributed by atoms with E-state index in [4.69, 9.17) is 16.3 Å². The second-order valence-corrected chi connectivity index (χ2v) is 10.8. The van der Waals surface area contributed by atoms with Crippen LogP contribution in [0.1, 0.15) is 42.4 Å². The number of anilines is 1. The molecule has 0 aliphatic carbocycles. The van der Waals surface area contributed by atoms with Crippen LogP contribution in [0.4, 0.5) is 23.7 Å². The molecule has 3 aromatic heterocycles. The van der Waals surface area contributed by atoms with Gasteiger partial charge in [0.2, 0.25) is 0 Å². The first kappa shape index (κ1) is 29.6. The van der Waals surface area contributed by atoms with Crippen molar-refractivity contribution in [1.82, 2.24) is 29.9 Å². The highest BCUT2D eigenvalue weighted by Crippen LogP contribution is 2.35. The maximum Gasteiger partial charge on any atom is 0.434 e. The van der Waals surface area contributed by atoms with Crippen molar-refractivity contribution in [2.24, 2.45) is 0 Å². The van der Waals surface area contributed by atoms with E-state index in [2.05, 4.69) is 25.8 Å². The van der Waals surface area contributed by atoms with E-state index < -0.39 is 35.0 Å². The number of alkyl carbamates (subject to hydrolysis) is 1. The molecule has 3 heterocycles. The summed E-state index contributed by atoms with van der Waals surface area (Å²) in [6, 6.07) is 12.4. The molecule has 0 saturated heterocycles. The molecule has 0 fully saturated rings. The van der Waals surface area contributed by atoms with Gasteiger partial charge in [-0.2, -0.15) is 23.4 Å². The molecular formula is C29H25ClF3N7O3. The van der Waals surface area contributed by atoms with Gasteiger partial charge in [0.05, 0.1) is 39.9 Å². The van der Waals surface area contributed by atoms with E-state index in [9.17, 15) is 22.8 Å². The molecule has 0 aliphatic heterocycles. The second-order valence-electron chi connectivity index (χ2n) is 10.4. The van der Waals surface area contributed by atoms with Gasteiger partial charge in [0.1, 0.15) is 5.60 Å². The van der Waals surface area contributed by atoms with Crippen LogP contribution in [0.3, 0.4) is 0 Å². The van der Waals surface area contributed by atoms with Gasteiger partial charge in [-0.1, -0.05) is 17.7 Å². The van der Waals surface area contributed by atoms with Gasteiger partial charge < -0.3 is 15.4 Å². The number of pyridine rings is 1. The number of aromatic nitrogens is 5. The Hall–Kier alpha value is -4.91. The molecule has 14 heteroatoms. The van der Waals surface area contributed by atoms with E-state index in [-0.39, 0.29) is 22.9 Å². The number of rotatable bonds is 6. The molecule has 0 saturated carbocycles. The van der Waals surface area contributed by atoms with Crippen LogP contribution in [0.25, 0.3) is 22.3 Å². The van der Waals surface area contributed by atoms with Crippen LogP contribution in [0.2, 0.25) is 5.02 Å². The van der Waals surface area contributed by atoms with E-state index in [1.807, 2.05) is 0 Å². The molecule has 0 unspecified atom stereocenters. The van der Waals surface area contributed by atoms with Crippen LogP contribution in [-0.2, 0) is 17.5 Å². The summed E-state index contributed by atoms with van der Waals surface area (Å²) in [5, 5.41) is 13.9. The van der Waals surface area contributed by atoms with Gasteiger partial charge >= 0.3 is 12.3 Å². The average Bonchev–Trinajstić information content (AvgIpc) is 3.59. The minimum Gasteiger partial charge on any atom is -0.444 e. The zero-order chi connectivity index (χ0) is 30.9. The highest BCUT2D eigenvalue weighted by molar-refractivity contribution is 6.32. The van der Waals surface area contributed by atoms with Gasteiger partial charge in [-0.25, -0.2) is 14.2 Å². The van der Waals surface area contributed by atoms with E-state index in [1.165, 1.54) is 35.3 Å². The number of carbonyl (C=O) groups excluding carboxylic acids is 2. The fourth-order valence-electron chi connectivity index (χ4n) is 4.28. The zero-order valence-electron chi connectivity index (χ0n) is 23.1. The molecule has 43 heavy (non-hydrogen) atoms. The predicted molar refractivity (Wildman–Crippen MR) is 153 cm³/mol. The van der Waals surface area contributed by atoms with Gasteiger partial charge in [0, 0.05) is 35.6 Å². The number of halogens is 4. The van der Waals surface area contributed by atoms with E-state index in [0.29, 0.717) is 26.8 Å². The second kappa shape index (κ2) is 11.4. The van der Waals surface area contributed by atoms with E-state index >= 15 is 0 Å². The van der Waals surface area contributed by atoms with Gasteiger partial charge in [-0.15, -0.1) is 0 Å². The Labute approximate surface area is 248 Å². The van der Waals surface area contributed by atoms with E-state index in [0.717, 1.165) is 6.20 Å². The van der Waals surface area contributed by atoms with Crippen molar-refractivity contribution in [3.63, 3.8) is 0 Å². The number of nitrogens with zero attached hydrogens (tertiary/aromatic N) is 5. The first-order valence-corrected chi connectivity index (χ1v) is 13.3. The molecular weight excluding hydrogens is 587 g/mol. The average molecular weight is 612 g/mol. The zero-order valence-corrected chi connectivity index (χ0v) is 23.9. The lowest BCUT2D eigenvalue weighted by molar-refractivity contribution is -0.143. The number of nitrogens with one attached hydrogen (secondary N) is 2. The van der Waals surface area contributed by atoms with Crippen LogP contribution >= 0.6 is 11.6 Å². The predicted octanol–water partition coefficient (Wildman–Crippen LogP) is 6.56. The molecule has 0 atom stereocenters. The summed E-state index contributed by atoms with van der Waals surface area (Å²) in [7, 11) is 0. The lowest BCUT2D eigenvalue weighted by Gasteiger charge is -2.19. The van der Waals surface area contributed by atoms with Crippen LogP contribution < -0.4 is 10.6 Å². The Morgan fingerprint density at radius 1 is 1.00 bits per heavy atom. The molecule has 10 nitrogen and oxygen atoms in total. The van der Waals surface area contributed by atoms with Gasteiger partial charge in [0.25, 0.3) is 5.91 Å². The van der Waals surface area contributed by atoms with Crippen LogP contribution in [-0.4, -0.2) is 42.1 Å². The molecule has 0 radical (unpaired) electrons. The Bertz CT molecular complexity index is 1820. The molecule has 222 valence electrons. The summed E-state index contributed by atoms with van der Waals surface area (Å²) in [5.74, 6) is -1.02. The highest BCUT2D eigenvalue weighted by atomic mass is 35.5. The number of ether oxygens (including phenoxy) is 1. The Morgan fingerprint density at radius 2 is 1.79 bits per heavy atom. The fourth-order valence-corrected chi connectivity index (χ4v) is 4.55. The Balaban J connectivity index is 1.35. The number of amides is 2. The Morgan fingerprint density at radius 3 is 2.51 bits per heavy atom. The largest absolute Gasteiger partial charge is 0.444 e. The number of hydrogen-bond donors (Lipinski definition) is 2. The quantitative estimate of drug-likeness (QED) is 0.225. The molecule has 2 aromatic carbocycles. The molecule has 0 spiro atoms. The van der Waals surface area contributed by atoms with Crippen LogP contribution in [0, 0.1) is 0 Å². The van der Waals surface area contributed by atoms with Crippen molar-refractivity contribution in [2.45, 2.75) is 39.1 Å². The minimum absolute atomic E-state index is 0.129. The number of benzene rings is 2. The van der Waals surface area contributed by atoms with Crippen LogP contribution in [0.5, 0.6) is 0 Å². The first-order chi connectivity index (χ1) is 20.3. The molecule has 5 aromatic rings. The SMILES string of the molecule is CC(C)(C)OC(=O)NCc1cnn(-c2ccc(NC(=O)c3cnn(-c4cccc5ncccc45)c3C(F)(F)F)cc2Cl)c1. The number of hydrogen-bond acceptors (Lipinski definition) is 6. The van der Waals surface area contributed by atoms with Crippen molar-refractivity contribution in [3.05, 3.63) is 95.2 Å². The van der Waals surface area contributed by atoms with Gasteiger partial charge in [0.15, 0.2) is 5.69 Å². The third-order valence-corrected chi connectivity index (χ3v) is 6.36. The molecule has 2 amide bonds. The summed E-state index contributed by atoms with van der Waals surface area (Å²) in [4.78, 5) is 29.2. The molecule has 5 rings (SSSR count). The lowest BCUT2D eigenvalue weighted by atomic mass is 10.1.